The number of amides is 1. The zero-order valence-electron chi connectivity index (χ0n) is 18.2. The van der Waals surface area contributed by atoms with Crippen molar-refractivity contribution in [1.82, 2.24) is 10.2 Å². The highest BCUT2D eigenvalue weighted by Crippen LogP contribution is 2.34. The van der Waals surface area contributed by atoms with Crippen molar-refractivity contribution in [1.29, 1.82) is 0 Å². The number of benzene rings is 2. The summed E-state index contributed by atoms with van der Waals surface area (Å²) in [6.45, 7) is 5.77. The monoisotopic (exact) mass is 423 g/mol. The van der Waals surface area contributed by atoms with Crippen molar-refractivity contribution in [3.8, 4) is 5.75 Å². The minimum Gasteiger partial charge on any atom is -0.505 e. The highest BCUT2D eigenvalue weighted by Gasteiger charge is 2.39. The van der Waals surface area contributed by atoms with Crippen LogP contribution < -0.4 is 10.6 Å². The zero-order chi connectivity index (χ0) is 22.7. The van der Waals surface area contributed by atoms with Gasteiger partial charge in [0.05, 0.1) is 23.0 Å². The lowest BCUT2D eigenvalue weighted by Gasteiger charge is -2.32. The normalized spacial score (nSPS) is 16.7. The van der Waals surface area contributed by atoms with E-state index in [1.165, 1.54) is 4.90 Å². The Kier molecular flexibility index (Phi) is 6.65. The van der Waals surface area contributed by atoms with Gasteiger partial charge in [0, 0.05) is 13.1 Å². The Hall–Kier alpha value is -3.32. The number of Topliss-reactive ketones (excluding diaryl/α,β-unsaturated/α-hetero) is 1. The first-order valence-corrected chi connectivity index (χ1v) is 10.4. The molecule has 3 rings (SSSR count). The van der Waals surface area contributed by atoms with Crippen LogP contribution in [0, 0.1) is 0 Å². The molecular weight excluding hydrogens is 394 g/mol. The van der Waals surface area contributed by atoms with Crippen LogP contribution in [0.15, 0.2) is 59.9 Å². The lowest BCUT2D eigenvalue weighted by Crippen LogP contribution is -2.46. The van der Waals surface area contributed by atoms with Gasteiger partial charge in [0.1, 0.15) is 5.70 Å². The number of nitrogens with zero attached hydrogens (tertiary/aromatic N) is 1. The highest BCUT2D eigenvalue weighted by molar-refractivity contribution is 6.09. The predicted molar refractivity (Wildman–Crippen MR) is 120 cm³/mol. The maximum absolute atomic E-state index is 12.7. The molecule has 0 radical (unpaired) electrons. The second-order valence-electron chi connectivity index (χ2n) is 7.91. The average Bonchev–Trinajstić information content (AvgIpc) is 2.78. The summed E-state index contributed by atoms with van der Waals surface area (Å²) in [5.41, 5.74) is 1.97. The van der Waals surface area contributed by atoms with Crippen molar-refractivity contribution in [2.45, 2.75) is 45.4 Å². The molecule has 0 aromatic heterocycles. The van der Waals surface area contributed by atoms with Crippen molar-refractivity contribution in [3.63, 3.8) is 0 Å². The zero-order valence-corrected chi connectivity index (χ0v) is 18.2. The van der Waals surface area contributed by atoms with Gasteiger partial charge in [-0.15, -0.1) is 0 Å². The molecule has 0 spiro atoms. The van der Waals surface area contributed by atoms with Crippen LogP contribution in [0.5, 0.6) is 5.75 Å². The Morgan fingerprint density at radius 2 is 1.81 bits per heavy atom. The third kappa shape index (κ3) is 4.41. The molecule has 31 heavy (non-hydrogen) atoms. The number of phenolic OH excluding ortho intramolecular Hbond substituents is 1. The molecule has 1 aliphatic carbocycles. The van der Waals surface area contributed by atoms with Crippen LogP contribution in [-0.4, -0.2) is 46.0 Å². The van der Waals surface area contributed by atoms with Gasteiger partial charge in [-0.05, 0) is 38.0 Å². The number of hydrogen-bond donors (Lipinski definition) is 4. The SMILES string of the molecule is CC[C@@H](NC1=C(Nc2cccc(C(=O)N(C)C(C)C)c2O)C(O)C1=O)c1ccccc1. The third-order valence-electron chi connectivity index (χ3n) is 5.60. The number of nitrogens with one attached hydrogen (secondary N) is 2. The highest BCUT2D eigenvalue weighted by atomic mass is 16.3. The van der Waals surface area contributed by atoms with E-state index in [-0.39, 0.29) is 46.4 Å². The van der Waals surface area contributed by atoms with E-state index in [1.54, 1.807) is 25.2 Å². The van der Waals surface area contributed by atoms with E-state index in [0.717, 1.165) is 12.0 Å². The number of rotatable bonds is 8. The summed E-state index contributed by atoms with van der Waals surface area (Å²) in [5, 5.41) is 27.1. The summed E-state index contributed by atoms with van der Waals surface area (Å²) in [5.74, 6) is -0.958. The molecule has 0 aliphatic heterocycles. The number of carbonyl (C=O) groups is 2. The summed E-state index contributed by atoms with van der Waals surface area (Å²) in [6.07, 6.45) is -0.575. The quantitative estimate of drug-likeness (QED) is 0.487. The fraction of sp³-hybridized carbons (Fsp3) is 0.333. The molecule has 0 saturated carbocycles. The largest absolute Gasteiger partial charge is 0.505 e. The third-order valence-corrected chi connectivity index (χ3v) is 5.60. The molecule has 1 unspecified atom stereocenters. The van der Waals surface area contributed by atoms with Gasteiger partial charge < -0.3 is 25.7 Å². The van der Waals surface area contributed by atoms with E-state index in [9.17, 15) is 19.8 Å². The number of aliphatic hydroxyl groups is 1. The number of anilines is 1. The fourth-order valence-corrected chi connectivity index (χ4v) is 3.41. The van der Waals surface area contributed by atoms with Gasteiger partial charge in [0.15, 0.2) is 11.9 Å². The van der Waals surface area contributed by atoms with Crippen molar-refractivity contribution in [2.75, 3.05) is 12.4 Å². The molecule has 2 atom stereocenters. The average molecular weight is 424 g/mol. The van der Waals surface area contributed by atoms with Crippen LogP contribution in [0.2, 0.25) is 0 Å². The van der Waals surface area contributed by atoms with Gasteiger partial charge in [-0.3, -0.25) is 9.59 Å². The number of ketones is 1. The van der Waals surface area contributed by atoms with Gasteiger partial charge in [-0.1, -0.05) is 43.3 Å². The Morgan fingerprint density at radius 1 is 1.13 bits per heavy atom. The standard InChI is InChI=1S/C24H29N3O4/c1-5-17(15-10-7-6-8-11-15)25-19-20(23(30)22(19)29)26-18-13-9-12-16(21(18)28)24(31)27(4)14(2)3/h6-14,17,23,25-26,28,30H,5H2,1-4H3/t17-,23?/m1/s1. The van der Waals surface area contributed by atoms with Crippen LogP contribution in [0.25, 0.3) is 0 Å². The fourth-order valence-electron chi connectivity index (χ4n) is 3.41. The molecule has 0 bridgehead atoms. The second-order valence-corrected chi connectivity index (χ2v) is 7.91. The minimum atomic E-state index is -1.31. The Morgan fingerprint density at radius 3 is 2.42 bits per heavy atom. The number of hydrogen-bond acceptors (Lipinski definition) is 6. The van der Waals surface area contributed by atoms with Gasteiger partial charge in [-0.25, -0.2) is 0 Å². The molecule has 1 aliphatic rings. The summed E-state index contributed by atoms with van der Waals surface area (Å²) in [7, 11) is 1.67. The van der Waals surface area contributed by atoms with E-state index >= 15 is 0 Å². The molecule has 4 N–H and O–H groups in total. The number of aromatic hydroxyl groups is 1. The molecule has 1 amide bonds. The lowest BCUT2D eigenvalue weighted by molar-refractivity contribution is -0.125. The van der Waals surface area contributed by atoms with E-state index < -0.39 is 11.9 Å². The lowest BCUT2D eigenvalue weighted by atomic mass is 9.92. The maximum atomic E-state index is 12.7. The Balaban J connectivity index is 1.88. The van der Waals surface area contributed by atoms with Crippen LogP contribution in [0.3, 0.4) is 0 Å². The van der Waals surface area contributed by atoms with Crippen LogP contribution in [0.1, 0.15) is 49.2 Å². The first-order valence-electron chi connectivity index (χ1n) is 10.4. The minimum absolute atomic E-state index is 0.0305. The first-order chi connectivity index (χ1) is 14.8. The summed E-state index contributed by atoms with van der Waals surface area (Å²) < 4.78 is 0. The Bertz CT molecular complexity index is 1000. The molecule has 2 aromatic carbocycles. The molecule has 164 valence electrons. The summed E-state index contributed by atoms with van der Waals surface area (Å²) in [6, 6.07) is 14.4. The predicted octanol–water partition coefficient (Wildman–Crippen LogP) is 3.18. The number of para-hydroxylation sites is 1. The van der Waals surface area contributed by atoms with E-state index in [4.69, 9.17) is 0 Å². The van der Waals surface area contributed by atoms with Crippen molar-refractivity contribution in [2.24, 2.45) is 0 Å². The van der Waals surface area contributed by atoms with Gasteiger partial charge in [0.25, 0.3) is 5.91 Å². The van der Waals surface area contributed by atoms with E-state index in [0.29, 0.717) is 0 Å². The number of carbonyl (C=O) groups excluding carboxylic acids is 2. The molecule has 0 saturated heterocycles. The summed E-state index contributed by atoms with van der Waals surface area (Å²) >= 11 is 0. The molecular formula is C24H29N3O4. The first kappa shape index (κ1) is 22.4. The molecule has 2 aromatic rings. The van der Waals surface area contributed by atoms with E-state index in [1.807, 2.05) is 51.1 Å². The van der Waals surface area contributed by atoms with E-state index in [2.05, 4.69) is 10.6 Å². The van der Waals surface area contributed by atoms with Gasteiger partial charge in [-0.2, -0.15) is 0 Å². The summed E-state index contributed by atoms with van der Waals surface area (Å²) in [4.78, 5) is 26.5. The molecule has 7 heteroatoms. The van der Waals surface area contributed by atoms with Crippen LogP contribution in [0.4, 0.5) is 5.69 Å². The van der Waals surface area contributed by atoms with Crippen LogP contribution in [-0.2, 0) is 4.79 Å². The van der Waals surface area contributed by atoms with Crippen molar-refractivity contribution >= 4 is 17.4 Å². The van der Waals surface area contributed by atoms with Gasteiger partial charge >= 0.3 is 0 Å². The molecule has 0 fully saturated rings. The van der Waals surface area contributed by atoms with Crippen molar-refractivity contribution in [3.05, 3.63) is 71.1 Å². The Labute approximate surface area is 182 Å². The smallest absolute Gasteiger partial charge is 0.257 e. The van der Waals surface area contributed by atoms with Crippen LogP contribution >= 0.6 is 0 Å². The van der Waals surface area contributed by atoms with Crippen molar-refractivity contribution < 1.29 is 19.8 Å². The van der Waals surface area contributed by atoms with Gasteiger partial charge in [0.2, 0.25) is 5.78 Å². The topological polar surface area (TPSA) is 102 Å². The second kappa shape index (κ2) is 9.22. The number of aliphatic hydroxyl groups excluding tert-OH is 1. The molecule has 7 nitrogen and oxygen atoms in total. The number of phenols is 1. The molecule has 0 heterocycles. The maximum Gasteiger partial charge on any atom is 0.257 e.